The number of anilines is 2. The Balaban J connectivity index is 2.79. The van der Waals surface area contributed by atoms with Crippen LogP contribution in [0.4, 0.5) is 11.4 Å². The maximum absolute atomic E-state index is 11.6. The lowest BCUT2D eigenvalue weighted by Crippen LogP contribution is -2.33. The summed E-state index contributed by atoms with van der Waals surface area (Å²) in [6, 6.07) is 6.18. The largest absolute Gasteiger partial charge is 0.469 e. The molecule has 0 spiro atoms. The van der Waals surface area contributed by atoms with Gasteiger partial charge in [0.1, 0.15) is 0 Å². The summed E-state index contributed by atoms with van der Waals surface area (Å²) in [5.74, 6) is -0.208. The van der Waals surface area contributed by atoms with Crippen LogP contribution in [0.1, 0.15) is 19.4 Å². The maximum Gasteiger partial charge on any atom is 0.313 e. The third kappa shape index (κ3) is 3.88. The van der Waals surface area contributed by atoms with Gasteiger partial charge < -0.3 is 15.0 Å². The molecule has 0 fully saturated rings. The number of carbonyl (C=O) groups is 1. The number of ether oxygens (including phenoxy) is 1. The Kier molecular flexibility index (Phi) is 4.81. The zero-order valence-corrected chi connectivity index (χ0v) is 12.7. The van der Waals surface area contributed by atoms with Gasteiger partial charge in [-0.05, 0) is 38.5 Å². The average Bonchev–Trinajstić information content (AvgIpc) is 2.36. The third-order valence-electron chi connectivity index (χ3n) is 3.16. The summed E-state index contributed by atoms with van der Waals surface area (Å²) in [4.78, 5) is 13.7. The van der Waals surface area contributed by atoms with Crippen LogP contribution in [0, 0.1) is 12.3 Å². The molecule has 0 atom stereocenters. The number of rotatable bonds is 5. The van der Waals surface area contributed by atoms with Crippen molar-refractivity contribution in [1.29, 1.82) is 0 Å². The van der Waals surface area contributed by atoms with Crippen LogP contribution >= 0.6 is 0 Å². The van der Waals surface area contributed by atoms with Crippen LogP contribution in [-0.2, 0) is 9.53 Å². The van der Waals surface area contributed by atoms with Crippen LogP contribution in [-0.4, -0.2) is 33.7 Å². The van der Waals surface area contributed by atoms with Gasteiger partial charge in [-0.1, -0.05) is 6.07 Å². The lowest BCUT2D eigenvalue weighted by molar-refractivity contribution is -0.149. The van der Waals surface area contributed by atoms with Crippen molar-refractivity contribution in [2.24, 2.45) is 5.41 Å². The zero-order valence-electron chi connectivity index (χ0n) is 12.7. The highest BCUT2D eigenvalue weighted by atomic mass is 16.5. The van der Waals surface area contributed by atoms with Crippen molar-refractivity contribution in [1.82, 2.24) is 0 Å². The number of carbonyl (C=O) groups excluding carboxylic acids is 1. The van der Waals surface area contributed by atoms with Crippen molar-refractivity contribution in [2.75, 3.05) is 38.0 Å². The predicted octanol–water partition coefficient (Wildman–Crippen LogP) is 2.67. The van der Waals surface area contributed by atoms with Crippen molar-refractivity contribution in [2.45, 2.75) is 20.8 Å². The minimum Gasteiger partial charge on any atom is -0.469 e. The normalized spacial score (nSPS) is 11.1. The molecule has 0 aromatic heterocycles. The molecule has 0 aliphatic carbocycles. The van der Waals surface area contributed by atoms with Gasteiger partial charge >= 0.3 is 5.97 Å². The molecule has 0 saturated heterocycles. The van der Waals surface area contributed by atoms with E-state index in [0.29, 0.717) is 6.54 Å². The molecule has 1 aromatic rings. The first-order valence-corrected chi connectivity index (χ1v) is 6.38. The molecule has 0 aliphatic heterocycles. The molecule has 106 valence electrons. The number of hydrogen-bond donors (Lipinski definition) is 1. The third-order valence-corrected chi connectivity index (χ3v) is 3.16. The monoisotopic (exact) mass is 264 g/mol. The summed E-state index contributed by atoms with van der Waals surface area (Å²) in [7, 11) is 5.45. The Morgan fingerprint density at radius 2 is 2.00 bits per heavy atom. The van der Waals surface area contributed by atoms with E-state index >= 15 is 0 Å². The lowest BCUT2D eigenvalue weighted by Gasteiger charge is -2.23. The van der Waals surface area contributed by atoms with Crippen molar-refractivity contribution in [3.8, 4) is 0 Å². The zero-order chi connectivity index (χ0) is 14.6. The molecule has 1 N–H and O–H groups in total. The van der Waals surface area contributed by atoms with E-state index in [1.807, 2.05) is 34.0 Å². The summed E-state index contributed by atoms with van der Waals surface area (Å²) in [5, 5.41) is 3.30. The predicted molar refractivity (Wildman–Crippen MR) is 79.8 cm³/mol. The van der Waals surface area contributed by atoms with E-state index < -0.39 is 5.41 Å². The van der Waals surface area contributed by atoms with E-state index in [-0.39, 0.29) is 5.97 Å². The van der Waals surface area contributed by atoms with Crippen LogP contribution in [0.3, 0.4) is 0 Å². The molecule has 1 aromatic carbocycles. The summed E-state index contributed by atoms with van der Waals surface area (Å²) in [6.07, 6.45) is 0. The summed E-state index contributed by atoms with van der Waals surface area (Å²) < 4.78 is 4.80. The minimum absolute atomic E-state index is 0.208. The quantitative estimate of drug-likeness (QED) is 0.830. The van der Waals surface area contributed by atoms with Gasteiger partial charge in [-0.3, -0.25) is 4.79 Å². The molecule has 0 bridgehead atoms. The van der Waals surface area contributed by atoms with E-state index in [4.69, 9.17) is 4.74 Å². The van der Waals surface area contributed by atoms with Gasteiger partial charge in [-0.25, -0.2) is 0 Å². The van der Waals surface area contributed by atoms with Gasteiger partial charge in [-0.2, -0.15) is 0 Å². The molecule has 0 saturated carbocycles. The number of methoxy groups -OCH3 is 1. The Morgan fingerprint density at radius 1 is 1.37 bits per heavy atom. The highest BCUT2D eigenvalue weighted by molar-refractivity contribution is 5.76. The van der Waals surface area contributed by atoms with Crippen LogP contribution in [0.25, 0.3) is 0 Å². The van der Waals surface area contributed by atoms with E-state index in [0.717, 1.165) is 5.69 Å². The topological polar surface area (TPSA) is 41.6 Å². The lowest BCUT2D eigenvalue weighted by atomic mass is 9.93. The second-order valence-electron chi connectivity index (χ2n) is 5.62. The van der Waals surface area contributed by atoms with Crippen LogP contribution in [0.2, 0.25) is 0 Å². The standard InChI is InChI=1S/C15H24N2O2/c1-11-7-8-12(9-13(11)17(4)5)16-10-15(2,3)14(18)19-6/h7-9,16H,10H2,1-6H3. The van der Waals surface area contributed by atoms with Gasteiger partial charge in [0.25, 0.3) is 0 Å². The molecular weight excluding hydrogens is 240 g/mol. The molecule has 4 heteroatoms. The average molecular weight is 264 g/mol. The van der Waals surface area contributed by atoms with Crippen molar-refractivity contribution >= 4 is 17.3 Å². The van der Waals surface area contributed by atoms with E-state index in [2.05, 4.69) is 29.3 Å². The van der Waals surface area contributed by atoms with E-state index in [1.54, 1.807) is 0 Å². The molecule has 0 unspecified atom stereocenters. The summed E-state index contributed by atoms with van der Waals surface area (Å²) in [5.41, 5.74) is 2.85. The van der Waals surface area contributed by atoms with Gasteiger partial charge in [0.2, 0.25) is 0 Å². The van der Waals surface area contributed by atoms with Crippen molar-refractivity contribution in [3.05, 3.63) is 23.8 Å². The maximum atomic E-state index is 11.6. The van der Waals surface area contributed by atoms with Crippen LogP contribution in [0.5, 0.6) is 0 Å². The number of hydrogen-bond acceptors (Lipinski definition) is 4. The molecule has 4 nitrogen and oxygen atoms in total. The first-order chi connectivity index (χ1) is 8.77. The molecule has 0 amide bonds. The van der Waals surface area contributed by atoms with E-state index in [1.165, 1.54) is 18.4 Å². The SMILES string of the molecule is COC(=O)C(C)(C)CNc1ccc(C)c(N(C)C)c1. The van der Waals surface area contributed by atoms with Gasteiger partial charge in [0.15, 0.2) is 0 Å². The minimum atomic E-state index is -0.544. The van der Waals surface area contributed by atoms with Crippen LogP contribution in [0.15, 0.2) is 18.2 Å². The summed E-state index contributed by atoms with van der Waals surface area (Å²) >= 11 is 0. The Labute approximate surface area is 115 Å². The fourth-order valence-electron chi connectivity index (χ4n) is 1.87. The molecule has 0 radical (unpaired) electrons. The van der Waals surface area contributed by atoms with E-state index in [9.17, 15) is 4.79 Å². The second kappa shape index (κ2) is 5.95. The number of aryl methyl sites for hydroxylation is 1. The second-order valence-corrected chi connectivity index (χ2v) is 5.62. The molecule has 1 rings (SSSR count). The molecular formula is C15H24N2O2. The first-order valence-electron chi connectivity index (χ1n) is 6.38. The first kappa shape index (κ1) is 15.3. The van der Waals surface area contributed by atoms with Crippen molar-refractivity contribution < 1.29 is 9.53 Å². The number of nitrogens with one attached hydrogen (secondary N) is 1. The molecule has 0 heterocycles. The number of nitrogens with zero attached hydrogens (tertiary/aromatic N) is 1. The summed E-state index contributed by atoms with van der Waals surface area (Å²) in [6.45, 7) is 6.35. The number of esters is 1. The Morgan fingerprint density at radius 3 is 2.53 bits per heavy atom. The fourth-order valence-corrected chi connectivity index (χ4v) is 1.87. The van der Waals surface area contributed by atoms with Gasteiger partial charge in [0.05, 0.1) is 12.5 Å². The highest BCUT2D eigenvalue weighted by Gasteiger charge is 2.28. The highest BCUT2D eigenvalue weighted by Crippen LogP contribution is 2.24. The molecule has 19 heavy (non-hydrogen) atoms. The fraction of sp³-hybridized carbons (Fsp3) is 0.533. The van der Waals surface area contributed by atoms with Crippen molar-refractivity contribution in [3.63, 3.8) is 0 Å². The Hall–Kier alpha value is -1.71. The molecule has 0 aliphatic rings. The Bertz CT molecular complexity index is 453. The number of benzene rings is 1. The van der Waals surface area contributed by atoms with Gasteiger partial charge in [0, 0.05) is 32.0 Å². The van der Waals surface area contributed by atoms with Gasteiger partial charge in [-0.15, -0.1) is 0 Å². The smallest absolute Gasteiger partial charge is 0.313 e. The van der Waals surface area contributed by atoms with Crippen LogP contribution < -0.4 is 10.2 Å².